The summed E-state index contributed by atoms with van der Waals surface area (Å²) in [7, 11) is 1.53. The van der Waals surface area contributed by atoms with Gasteiger partial charge in [-0.1, -0.05) is 6.07 Å². The van der Waals surface area contributed by atoms with Crippen molar-refractivity contribution >= 4 is 23.4 Å². The molecule has 0 saturated carbocycles. The van der Waals surface area contributed by atoms with Crippen molar-refractivity contribution in [2.75, 3.05) is 38.4 Å². The summed E-state index contributed by atoms with van der Waals surface area (Å²) in [5.74, 6) is -0.161. The summed E-state index contributed by atoms with van der Waals surface area (Å²) in [5, 5.41) is 0. The first-order valence-electron chi connectivity index (χ1n) is 11.9. The van der Waals surface area contributed by atoms with Crippen molar-refractivity contribution in [2.45, 2.75) is 34.1 Å². The second kappa shape index (κ2) is 12.1. The van der Waals surface area contributed by atoms with Gasteiger partial charge in [0.1, 0.15) is 5.75 Å². The van der Waals surface area contributed by atoms with Gasteiger partial charge in [-0.15, -0.1) is 0 Å². The van der Waals surface area contributed by atoms with Gasteiger partial charge in [-0.3, -0.25) is 25.2 Å². The molecule has 0 radical (unpaired) electrons. The van der Waals surface area contributed by atoms with Crippen molar-refractivity contribution in [3.8, 4) is 23.0 Å². The smallest absolute Gasteiger partial charge is 0.269 e. The van der Waals surface area contributed by atoms with E-state index in [1.165, 1.54) is 24.1 Å². The molecule has 1 heterocycles. The maximum absolute atomic E-state index is 12.8. The first kappa shape index (κ1) is 26.7. The number of ether oxygens (including phenoxy) is 4. The maximum Gasteiger partial charge on any atom is 0.269 e. The summed E-state index contributed by atoms with van der Waals surface area (Å²) in [6.45, 7) is 8.70. The highest BCUT2D eigenvalue weighted by molar-refractivity contribution is 6.02. The van der Waals surface area contributed by atoms with Crippen LogP contribution in [-0.4, -0.2) is 51.2 Å². The molecule has 2 N–H and O–H groups in total. The summed E-state index contributed by atoms with van der Waals surface area (Å²) in [6, 6.07) is 8.58. The predicted octanol–water partition coefficient (Wildman–Crippen LogP) is 3.01. The number of hydrazine groups is 1. The monoisotopic (exact) mass is 499 g/mol. The Kier molecular flexibility index (Phi) is 8.99. The predicted molar refractivity (Wildman–Crippen MR) is 134 cm³/mol. The number of anilines is 1. The van der Waals surface area contributed by atoms with Crippen LogP contribution in [-0.2, 0) is 9.59 Å². The lowest BCUT2D eigenvalue weighted by Gasteiger charge is -2.20. The maximum atomic E-state index is 12.8. The molecule has 1 aliphatic rings. The summed E-state index contributed by atoms with van der Waals surface area (Å²) < 4.78 is 22.3. The molecule has 1 fully saturated rings. The number of hydrogen-bond donors (Lipinski definition) is 2. The van der Waals surface area contributed by atoms with Gasteiger partial charge in [0.15, 0.2) is 11.5 Å². The molecule has 1 atom stereocenters. The fourth-order valence-corrected chi connectivity index (χ4v) is 3.94. The Morgan fingerprint density at radius 1 is 0.944 bits per heavy atom. The number of benzene rings is 2. The van der Waals surface area contributed by atoms with E-state index in [4.69, 9.17) is 18.9 Å². The number of methoxy groups -OCH3 is 1. The van der Waals surface area contributed by atoms with Crippen molar-refractivity contribution in [3.05, 3.63) is 41.5 Å². The molecule has 10 nitrogen and oxygen atoms in total. The quantitative estimate of drug-likeness (QED) is 0.483. The van der Waals surface area contributed by atoms with Crippen LogP contribution in [0.25, 0.3) is 0 Å². The lowest BCUT2D eigenvalue weighted by atomic mass is 10.1. The third-order valence-electron chi connectivity index (χ3n) is 5.59. The molecule has 0 unspecified atom stereocenters. The Balaban J connectivity index is 1.70. The number of carbonyl (C=O) groups is 3. The molecule has 0 aromatic heterocycles. The molecular weight excluding hydrogens is 466 g/mol. The van der Waals surface area contributed by atoms with Crippen molar-refractivity contribution in [1.82, 2.24) is 10.9 Å². The van der Waals surface area contributed by atoms with Crippen molar-refractivity contribution in [1.29, 1.82) is 0 Å². The van der Waals surface area contributed by atoms with Gasteiger partial charge in [-0.2, -0.15) is 0 Å². The van der Waals surface area contributed by atoms with Crippen LogP contribution in [0.5, 0.6) is 23.0 Å². The molecule has 194 valence electrons. The van der Waals surface area contributed by atoms with Crippen molar-refractivity contribution < 1.29 is 33.3 Å². The van der Waals surface area contributed by atoms with E-state index in [0.717, 1.165) is 5.56 Å². The summed E-state index contributed by atoms with van der Waals surface area (Å²) in [5.41, 5.74) is 6.66. The lowest BCUT2D eigenvalue weighted by Crippen LogP contribution is -2.45. The molecule has 0 spiro atoms. The molecule has 1 saturated heterocycles. The average molecular weight is 500 g/mol. The highest BCUT2D eigenvalue weighted by Gasteiger charge is 2.36. The first-order chi connectivity index (χ1) is 17.3. The third kappa shape index (κ3) is 5.99. The molecule has 0 bridgehead atoms. The highest BCUT2D eigenvalue weighted by Crippen LogP contribution is 2.39. The number of carbonyl (C=O) groups excluding carboxylic acids is 3. The Morgan fingerprint density at radius 2 is 1.58 bits per heavy atom. The molecule has 10 heteroatoms. The number of nitrogens with one attached hydrogen (secondary N) is 2. The Hall–Kier alpha value is -3.95. The molecule has 3 amide bonds. The molecule has 3 rings (SSSR count). The zero-order valence-corrected chi connectivity index (χ0v) is 21.3. The number of amides is 3. The number of nitrogens with zero attached hydrogens (tertiary/aromatic N) is 1. The van der Waals surface area contributed by atoms with Gasteiger partial charge in [-0.25, -0.2) is 0 Å². The van der Waals surface area contributed by atoms with Gasteiger partial charge < -0.3 is 23.8 Å². The minimum atomic E-state index is -0.638. The van der Waals surface area contributed by atoms with Gasteiger partial charge in [0, 0.05) is 18.5 Å². The molecule has 2 aromatic carbocycles. The van der Waals surface area contributed by atoms with Crippen LogP contribution in [0.1, 0.15) is 43.1 Å². The van der Waals surface area contributed by atoms with Crippen LogP contribution in [0.2, 0.25) is 0 Å². The number of rotatable bonds is 10. The van der Waals surface area contributed by atoms with Gasteiger partial charge in [0.05, 0.1) is 38.5 Å². The van der Waals surface area contributed by atoms with E-state index in [1.54, 1.807) is 6.07 Å². The average Bonchev–Trinajstić information content (AvgIpc) is 3.25. The molecular formula is C26H33N3O7. The molecule has 0 aliphatic carbocycles. The van der Waals surface area contributed by atoms with Gasteiger partial charge >= 0.3 is 0 Å². The summed E-state index contributed by atoms with van der Waals surface area (Å²) in [6.07, 6.45) is 0.0187. The van der Waals surface area contributed by atoms with Crippen molar-refractivity contribution in [3.63, 3.8) is 0 Å². The standard InChI is InChI=1S/C26H33N3O7/c1-6-34-21-12-17(13-22(35-7-2)24(21)36-8-3)25(31)27-28-26(32)18-14-23(30)29(15-18)19-11-16(4)9-10-20(19)33-5/h9-13,18H,6-8,14-15H2,1-5H3,(H,27,31)(H,28,32)/t18-/m1/s1. The van der Waals surface area contributed by atoms with Gasteiger partial charge in [-0.05, 0) is 57.5 Å². The SMILES string of the molecule is CCOc1cc(C(=O)NNC(=O)[C@@H]2CC(=O)N(c3cc(C)ccc3OC)C2)cc(OCC)c1OCC. The van der Waals surface area contributed by atoms with E-state index in [1.807, 2.05) is 39.8 Å². The molecule has 2 aromatic rings. The van der Waals surface area contributed by atoms with Gasteiger partial charge in [0.2, 0.25) is 17.6 Å². The van der Waals surface area contributed by atoms with Crippen LogP contribution in [0, 0.1) is 12.8 Å². The fraction of sp³-hybridized carbons (Fsp3) is 0.423. The third-order valence-corrected chi connectivity index (χ3v) is 5.59. The topological polar surface area (TPSA) is 115 Å². The summed E-state index contributed by atoms with van der Waals surface area (Å²) in [4.78, 5) is 39.9. The second-order valence-corrected chi connectivity index (χ2v) is 8.12. The van der Waals surface area contributed by atoms with Crippen LogP contribution >= 0.6 is 0 Å². The molecule has 36 heavy (non-hydrogen) atoms. The van der Waals surface area contributed by atoms with E-state index in [0.29, 0.717) is 48.5 Å². The molecule has 1 aliphatic heterocycles. The number of hydrogen-bond acceptors (Lipinski definition) is 7. The fourth-order valence-electron chi connectivity index (χ4n) is 3.94. The second-order valence-electron chi connectivity index (χ2n) is 8.12. The minimum absolute atomic E-state index is 0.0187. The summed E-state index contributed by atoms with van der Waals surface area (Å²) >= 11 is 0. The Morgan fingerprint density at radius 3 is 2.17 bits per heavy atom. The highest BCUT2D eigenvalue weighted by atomic mass is 16.5. The van der Waals surface area contributed by atoms with E-state index in [-0.39, 0.29) is 24.4 Å². The van der Waals surface area contributed by atoms with Crippen LogP contribution in [0.15, 0.2) is 30.3 Å². The Bertz CT molecular complexity index is 1090. The van der Waals surface area contributed by atoms with E-state index in [9.17, 15) is 14.4 Å². The zero-order chi connectivity index (χ0) is 26.2. The first-order valence-corrected chi connectivity index (χ1v) is 11.9. The zero-order valence-electron chi connectivity index (χ0n) is 21.3. The minimum Gasteiger partial charge on any atom is -0.495 e. The largest absolute Gasteiger partial charge is 0.495 e. The lowest BCUT2D eigenvalue weighted by molar-refractivity contribution is -0.126. The normalized spacial score (nSPS) is 14.9. The van der Waals surface area contributed by atoms with Crippen LogP contribution in [0.4, 0.5) is 5.69 Å². The van der Waals surface area contributed by atoms with Crippen LogP contribution < -0.4 is 34.7 Å². The van der Waals surface area contributed by atoms with E-state index in [2.05, 4.69) is 10.9 Å². The van der Waals surface area contributed by atoms with Crippen molar-refractivity contribution in [2.24, 2.45) is 5.92 Å². The number of aryl methyl sites for hydroxylation is 1. The Labute approximate surface area is 210 Å². The van der Waals surface area contributed by atoms with E-state index < -0.39 is 17.7 Å². The van der Waals surface area contributed by atoms with Crippen LogP contribution in [0.3, 0.4) is 0 Å². The van der Waals surface area contributed by atoms with E-state index >= 15 is 0 Å². The van der Waals surface area contributed by atoms with Gasteiger partial charge in [0.25, 0.3) is 5.91 Å².